The van der Waals surface area contributed by atoms with Crippen molar-refractivity contribution in [1.82, 2.24) is 5.32 Å². The predicted molar refractivity (Wildman–Crippen MR) is 247 cm³/mol. The Morgan fingerprint density at radius 3 is 1.68 bits per heavy atom. The zero-order valence-corrected chi connectivity index (χ0v) is 39.1. The average Bonchev–Trinajstić information content (AvgIpc) is 3.24. The van der Waals surface area contributed by atoms with Crippen molar-refractivity contribution in [1.29, 1.82) is 0 Å². The van der Waals surface area contributed by atoms with Crippen molar-refractivity contribution < 1.29 is 57.0 Å². The van der Waals surface area contributed by atoms with Crippen LogP contribution in [0, 0.1) is 0 Å². The third kappa shape index (κ3) is 30.2. The molecule has 0 spiro atoms. The minimum Gasteiger partial charge on any atom is -0.394 e. The van der Waals surface area contributed by atoms with Gasteiger partial charge in [-0.25, -0.2) is 4.18 Å². The van der Waals surface area contributed by atoms with Crippen LogP contribution in [0.5, 0.6) is 0 Å². The molecule has 362 valence electrons. The molecule has 7 N–H and O–H groups in total. The molecule has 0 aromatic carbocycles. The number of allylic oxidation sites excluding steroid dienone is 7. The summed E-state index contributed by atoms with van der Waals surface area (Å²) >= 11 is 0. The van der Waals surface area contributed by atoms with E-state index in [1.54, 1.807) is 6.08 Å². The zero-order chi connectivity index (χ0) is 45.7. The fourth-order valence-corrected chi connectivity index (χ4v) is 7.86. The number of ether oxygens (including phenoxy) is 2. The smallest absolute Gasteiger partial charge is 0.394 e. The summed E-state index contributed by atoms with van der Waals surface area (Å²) in [5.41, 5.74) is 0. The number of aliphatic hydroxyl groups excluding tert-OH is 5. The van der Waals surface area contributed by atoms with Crippen LogP contribution in [-0.4, -0.2) is 107 Å². The van der Waals surface area contributed by atoms with Crippen LogP contribution in [-0.2, 0) is 28.9 Å². The second-order valence-electron chi connectivity index (χ2n) is 16.9. The molecule has 0 aromatic rings. The molecule has 1 fully saturated rings. The van der Waals surface area contributed by atoms with E-state index in [0.717, 1.165) is 57.8 Å². The number of hydrogen-bond acceptors (Lipinski definition) is 11. The lowest BCUT2D eigenvalue weighted by Gasteiger charge is -2.41. The van der Waals surface area contributed by atoms with Gasteiger partial charge in [-0.2, -0.15) is 8.42 Å². The van der Waals surface area contributed by atoms with Crippen molar-refractivity contribution in [2.45, 2.75) is 236 Å². The lowest BCUT2D eigenvalue weighted by molar-refractivity contribution is -0.298. The van der Waals surface area contributed by atoms with Gasteiger partial charge in [-0.15, -0.1) is 0 Å². The molecule has 0 saturated carbocycles. The highest BCUT2D eigenvalue weighted by atomic mass is 32.3. The lowest BCUT2D eigenvalue weighted by Crippen LogP contribution is -2.61. The SMILES string of the molecule is CCCCC/C=C\C=C/CCCCCCCC(O)C(=O)NC(COC1OC(CO)C(O)C(OS(=O)(=O)O)C1O)C(O)/C=C/CC/C=C/CCCCCCCCCCCCCCC. The summed E-state index contributed by atoms with van der Waals surface area (Å²) in [5.74, 6) is -0.726. The van der Waals surface area contributed by atoms with Crippen molar-refractivity contribution in [3.63, 3.8) is 0 Å². The van der Waals surface area contributed by atoms with Crippen molar-refractivity contribution in [3.05, 3.63) is 48.6 Å². The first-order valence-electron chi connectivity index (χ1n) is 24.1. The number of aliphatic hydroxyl groups is 5. The quantitative estimate of drug-likeness (QED) is 0.0133. The molecule has 14 heteroatoms. The first-order valence-corrected chi connectivity index (χ1v) is 25.5. The Morgan fingerprint density at radius 2 is 1.13 bits per heavy atom. The van der Waals surface area contributed by atoms with Gasteiger partial charge in [0.15, 0.2) is 6.29 Å². The van der Waals surface area contributed by atoms with E-state index in [9.17, 15) is 43.3 Å². The molecule has 0 aromatic heterocycles. The Labute approximate surface area is 375 Å². The van der Waals surface area contributed by atoms with Gasteiger partial charge in [0, 0.05) is 0 Å². The highest BCUT2D eigenvalue weighted by molar-refractivity contribution is 7.80. The summed E-state index contributed by atoms with van der Waals surface area (Å²) in [6.07, 6.45) is 34.8. The van der Waals surface area contributed by atoms with Crippen LogP contribution in [0.2, 0.25) is 0 Å². The van der Waals surface area contributed by atoms with E-state index in [0.29, 0.717) is 12.8 Å². The van der Waals surface area contributed by atoms with Gasteiger partial charge in [-0.05, 0) is 57.8 Å². The fourth-order valence-electron chi connectivity index (χ4n) is 7.35. The number of hydrogen-bond donors (Lipinski definition) is 7. The minimum atomic E-state index is -5.13. The summed E-state index contributed by atoms with van der Waals surface area (Å²) < 4.78 is 47.5. The van der Waals surface area contributed by atoms with Gasteiger partial charge >= 0.3 is 10.4 Å². The maximum absolute atomic E-state index is 13.1. The highest BCUT2D eigenvalue weighted by Gasteiger charge is 2.48. The first-order chi connectivity index (χ1) is 29.9. The van der Waals surface area contributed by atoms with Crippen molar-refractivity contribution in [3.8, 4) is 0 Å². The van der Waals surface area contributed by atoms with Gasteiger partial charge in [-0.3, -0.25) is 9.35 Å². The third-order valence-corrected chi connectivity index (χ3v) is 11.7. The molecule has 1 heterocycles. The van der Waals surface area contributed by atoms with Gasteiger partial charge in [0.25, 0.3) is 0 Å². The average molecular weight is 902 g/mol. The fraction of sp³-hybridized carbons (Fsp3) is 0.812. The van der Waals surface area contributed by atoms with Gasteiger partial charge in [0.05, 0.1) is 25.4 Å². The zero-order valence-electron chi connectivity index (χ0n) is 38.3. The predicted octanol–water partition coefficient (Wildman–Crippen LogP) is 8.63. The molecule has 8 unspecified atom stereocenters. The third-order valence-electron chi connectivity index (χ3n) is 11.2. The van der Waals surface area contributed by atoms with Crippen LogP contribution in [0.15, 0.2) is 48.6 Å². The maximum Gasteiger partial charge on any atom is 0.397 e. The molecule has 13 nitrogen and oxygen atoms in total. The Kier molecular flexibility index (Phi) is 35.9. The molecule has 1 amide bonds. The molecule has 1 aliphatic heterocycles. The van der Waals surface area contributed by atoms with Crippen molar-refractivity contribution in [2.75, 3.05) is 13.2 Å². The highest BCUT2D eigenvalue weighted by Crippen LogP contribution is 2.26. The maximum atomic E-state index is 13.1. The largest absolute Gasteiger partial charge is 0.397 e. The summed E-state index contributed by atoms with van der Waals surface area (Å²) in [7, 11) is -5.13. The van der Waals surface area contributed by atoms with Crippen LogP contribution >= 0.6 is 0 Å². The summed E-state index contributed by atoms with van der Waals surface area (Å²) in [6, 6.07) is -1.14. The number of unbranched alkanes of at least 4 members (excludes halogenated alkanes) is 22. The van der Waals surface area contributed by atoms with Crippen LogP contribution in [0.1, 0.15) is 187 Å². The van der Waals surface area contributed by atoms with Gasteiger partial charge in [-0.1, -0.05) is 178 Å². The van der Waals surface area contributed by atoms with Gasteiger partial charge in [0.2, 0.25) is 5.91 Å². The monoisotopic (exact) mass is 902 g/mol. The molecule has 1 rings (SSSR count). The summed E-state index contributed by atoms with van der Waals surface area (Å²) in [6.45, 7) is 3.16. The van der Waals surface area contributed by atoms with Crippen molar-refractivity contribution >= 4 is 16.3 Å². The molecule has 0 bridgehead atoms. The Bertz CT molecular complexity index is 1310. The molecule has 8 atom stereocenters. The Morgan fingerprint density at radius 1 is 0.661 bits per heavy atom. The van der Waals surface area contributed by atoms with E-state index < -0.39 is 78.5 Å². The topological polar surface area (TPSA) is 212 Å². The van der Waals surface area contributed by atoms with E-state index in [4.69, 9.17) is 9.47 Å². The number of nitrogens with one attached hydrogen (secondary N) is 1. The number of amides is 1. The molecule has 62 heavy (non-hydrogen) atoms. The van der Waals surface area contributed by atoms with Crippen LogP contribution < -0.4 is 5.32 Å². The molecular weight excluding hydrogens is 815 g/mol. The standard InChI is InChI=1S/C48H87NO12S/c1-3-5-7-9-11-13-15-17-19-20-21-22-23-25-26-28-30-32-34-36-41(51)40(39-59-48-45(54)46(61-62(56,57)58)44(53)43(38-50)60-48)49-47(55)42(52)37-35-33-31-29-27-24-18-16-14-12-10-8-6-4-2/h12,14,16,18,26,28,34,36,40-46,48,50-54H,3-11,13,15,17,19-25,27,29-33,35,37-39H2,1-2H3,(H,49,55)(H,56,57,58)/b14-12-,18-16-,28-26+,36-34+. The minimum absolute atomic E-state index is 0.217. The number of carbonyl (C=O) groups excluding carboxylic acids is 1. The summed E-state index contributed by atoms with van der Waals surface area (Å²) in [5, 5.41) is 55.2. The van der Waals surface area contributed by atoms with E-state index in [1.807, 2.05) is 0 Å². The Hall–Kier alpha value is -1.98. The van der Waals surface area contributed by atoms with Gasteiger partial charge < -0.3 is 40.3 Å². The number of rotatable bonds is 40. The van der Waals surface area contributed by atoms with Crippen LogP contribution in [0.4, 0.5) is 0 Å². The van der Waals surface area contributed by atoms with E-state index in [-0.39, 0.29) is 6.42 Å². The lowest BCUT2D eigenvalue weighted by atomic mass is 9.99. The first kappa shape index (κ1) is 58.0. The molecule has 0 aliphatic carbocycles. The summed E-state index contributed by atoms with van der Waals surface area (Å²) in [4.78, 5) is 13.1. The van der Waals surface area contributed by atoms with E-state index in [2.05, 4.69) is 59.8 Å². The molecule has 1 saturated heterocycles. The van der Waals surface area contributed by atoms with Gasteiger partial charge in [0.1, 0.15) is 30.5 Å². The van der Waals surface area contributed by atoms with Crippen LogP contribution in [0.3, 0.4) is 0 Å². The van der Waals surface area contributed by atoms with Crippen LogP contribution in [0.25, 0.3) is 0 Å². The van der Waals surface area contributed by atoms with E-state index in [1.165, 1.54) is 102 Å². The molecule has 0 radical (unpaired) electrons. The Balaban J connectivity index is 2.60. The molecular formula is C48H87NO12S. The van der Waals surface area contributed by atoms with E-state index >= 15 is 0 Å². The second-order valence-corrected chi connectivity index (χ2v) is 17.9. The molecule has 1 aliphatic rings. The normalized spacial score (nSPS) is 21.5. The van der Waals surface area contributed by atoms with Crippen molar-refractivity contribution in [2.24, 2.45) is 0 Å². The second kappa shape index (κ2) is 38.3. The number of carbonyl (C=O) groups is 1.